The first-order valence-electron chi connectivity index (χ1n) is 7.26. The maximum atomic E-state index is 14.3. The number of halogens is 3. The van der Waals surface area contributed by atoms with Crippen molar-refractivity contribution in [2.45, 2.75) is 24.3 Å². The average molecular weight is 396 g/mol. The number of benzene rings is 1. The van der Waals surface area contributed by atoms with Gasteiger partial charge in [0.15, 0.2) is 0 Å². The first-order chi connectivity index (χ1) is 10.5. The van der Waals surface area contributed by atoms with Crippen LogP contribution in [0.2, 0.25) is 0 Å². The molecule has 1 N–H and O–H groups in total. The molecule has 1 aromatic heterocycles. The Hall–Kier alpha value is -0.990. The molecule has 1 fully saturated rings. The molecule has 24 heavy (non-hydrogen) atoms. The monoisotopic (exact) mass is 395 g/mol. The van der Waals surface area contributed by atoms with E-state index < -0.39 is 15.8 Å². The van der Waals surface area contributed by atoms with E-state index in [2.05, 4.69) is 10.3 Å². The van der Waals surface area contributed by atoms with Gasteiger partial charge in [-0.15, -0.1) is 24.8 Å². The third-order valence-electron chi connectivity index (χ3n) is 3.94. The van der Waals surface area contributed by atoms with E-state index in [1.807, 2.05) is 6.92 Å². The Kier molecular flexibility index (Phi) is 7.37. The molecule has 134 valence electrons. The number of hydrogen-bond acceptors (Lipinski definition) is 4. The Morgan fingerprint density at radius 1 is 1.29 bits per heavy atom. The Morgan fingerprint density at radius 2 is 2.04 bits per heavy atom. The van der Waals surface area contributed by atoms with Gasteiger partial charge < -0.3 is 5.32 Å². The van der Waals surface area contributed by atoms with Crippen LogP contribution in [0.25, 0.3) is 10.8 Å². The van der Waals surface area contributed by atoms with Gasteiger partial charge in [0, 0.05) is 36.9 Å². The lowest BCUT2D eigenvalue weighted by Gasteiger charge is -2.26. The minimum absolute atomic E-state index is 0. The van der Waals surface area contributed by atoms with Crippen molar-refractivity contribution in [3.8, 4) is 0 Å². The first-order valence-corrected chi connectivity index (χ1v) is 8.70. The van der Waals surface area contributed by atoms with E-state index in [-0.39, 0.29) is 35.8 Å². The van der Waals surface area contributed by atoms with Crippen molar-refractivity contribution in [1.82, 2.24) is 14.6 Å². The minimum atomic E-state index is -3.86. The molecule has 2 aromatic rings. The zero-order valence-corrected chi connectivity index (χ0v) is 15.6. The van der Waals surface area contributed by atoms with Crippen LogP contribution in [-0.2, 0) is 10.0 Å². The summed E-state index contributed by atoms with van der Waals surface area (Å²) in [5.74, 6) is -0.732. The van der Waals surface area contributed by atoms with E-state index in [1.165, 1.54) is 22.6 Å². The number of sulfonamides is 1. The summed E-state index contributed by atoms with van der Waals surface area (Å²) in [6, 6.07) is 4.10. The summed E-state index contributed by atoms with van der Waals surface area (Å²) in [5, 5.41) is 4.44. The predicted octanol–water partition coefficient (Wildman–Crippen LogP) is 2.59. The van der Waals surface area contributed by atoms with Crippen molar-refractivity contribution in [1.29, 1.82) is 0 Å². The summed E-state index contributed by atoms with van der Waals surface area (Å²) in [7, 11) is -3.86. The van der Waals surface area contributed by atoms with Crippen molar-refractivity contribution in [2.24, 2.45) is 0 Å². The zero-order chi connectivity index (χ0) is 15.7. The fraction of sp³-hybridized carbons (Fsp3) is 0.400. The molecular weight excluding hydrogens is 376 g/mol. The van der Waals surface area contributed by atoms with Gasteiger partial charge in [-0.3, -0.25) is 4.98 Å². The number of pyridine rings is 1. The predicted molar refractivity (Wildman–Crippen MR) is 97.0 cm³/mol. The minimum Gasteiger partial charge on any atom is -0.315 e. The number of nitrogens with one attached hydrogen (secondary N) is 1. The van der Waals surface area contributed by atoms with E-state index in [0.29, 0.717) is 30.3 Å². The van der Waals surface area contributed by atoms with E-state index in [9.17, 15) is 12.8 Å². The highest BCUT2D eigenvalue weighted by Crippen LogP contribution is 2.26. The van der Waals surface area contributed by atoms with Crippen LogP contribution in [0.4, 0.5) is 4.39 Å². The van der Waals surface area contributed by atoms with Gasteiger partial charge in [0.1, 0.15) is 10.7 Å². The van der Waals surface area contributed by atoms with E-state index >= 15 is 0 Å². The Labute approximate surface area is 153 Å². The van der Waals surface area contributed by atoms with Crippen LogP contribution in [0.3, 0.4) is 0 Å². The molecule has 9 heteroatoms. The molecule has 0 saturated carbocycles. The fourth-order valence-corrected chi connectivity index (χ4v) is 4.51. The summed E-state index contributed by atoms with van der Waals surface area (Å²) in [5.41, 5.74) is 0. The molecule has 0 spiro atoms. The Morgan fingerprint density at radius 3 is 2.79 bits per heavy atom. The third kappa shape index (κ3) is 3.97. The number of aromatic nitrogens is 1. The van der Waals surface area contributed by atoms with Crippen LogP contribution in [0, 0.1) is 5.82 Å². The Bertz CT molecular complexity index is 804. The number of hydrogen-bond donors (Lipinski definition) is 1. The molecule has 0 amide bonds. The molecular formula is C15H20Cl2FN3O2S. The van der Waals surface area contributed by atoms with Crippen molar-refractivity contribution in [3.05, 3.63) is 36.4 Å². The largest absolute Gasteiger partial charge is 0.315 e. The quantitative estimate of drug-likeness (QED) is 0.848. The van der Waals surface area contributed by atoms with Crippen LogP contribution >= 0.6 is 24.8 Å². The molecule has 0 aliphatic carbocycles. The molecule has 1 aliphatic rings. The van der Waals surface area contributed by atoms with Gasteiger partial charge in [0.25, 0.3) is 0 Å². The molecule has 2 heterocycles. The van der Waals surface area contributed by atoms with Crippen LogP contribution in [-0.4, -0.2) is 43.4 Å². The second-order valence-electron chi connectivity index (χ2n) is 5.53. The molecule has 1 aromatic carbocycles. The van der Waals surface area contributed by atoms with Gasteiger partial charge in [-0.1, -0.05) is 0 Å². The average Bonchev–Trinajstić information content (AvgIpc) is 2.71. The number of nitrogens with zero attached hydrogens (tertiary/aromatic N) is 2. The van der Waals surface area contributed by atoms with Gasteiger partial charge in [0.05, 0.1) is 0 Å². The summed E-state index contributed by atoms with van der Waals surface area (Å²) < 4.78 is 41.5. The van der Waals surface area contributed by atoms with Crippen molar-refractivity contribution >= 4 is 45.6 Å². The normalized spacial score (nSPS) is 19.2. The maximum Gasteiger partial charge on any atom is 0.246 e. The highest BCUT2D eigenvalue weighted by atomic mass is 35.5. The van der Waals surface area contributed by atoms with Crippen molar-refractivity contribution in [3.63, 3.8) is 0 Å². The summed E-state index contributed by atoms with van der Waals surface area (Å²) in [6.45, 7) is 3.56. The van der Waals surface area contributed by atoms with E-state index in [1.54, 1.807) is 12.3 Å². The summed E-state index contributed by atoms with van der Waals surface area (Å²) in [6.07, 6.45) is 3.80. The van der Waals surface area contributed by atoms with Crippen molar-refractivity contribution < 1.29 is 12.8 Å². The van der Waals surface area contributed by atoms with E-state index in [0.717, 1.165) is 6.54 Å². The highest BCUT2D eigenvalue weighted by Gasteiger charge is 2.32. The molecule has 5 nitrogen and oxygen atoms in total. The summed E-state index contributed by atoms with van der Waals surface area (Å²) in [4.78, 5) is 3.66. The highest BCUT2D eigenvalue weighted by molar-refractivity contribution is 7.89. The molecule has 0 bridgehead atoms. The van der Waals surface area contributed by atoms with Gasteiger partial charge in [-0.05, 0) is 43.5 Å². The van der Waals surface area contributed by atoms with Crippen molar-refractivity contribution in [2.75, 3.05) is 19.6 Å². The molecule has 0 unspecified atom stereocenters. The smallest absolute Gasteiger partial charge is 0.246 e. The summed E-state index contributed by atoms with van der Waals surface area (Å²) >= 11 is 0. The van der Waals surface area contributed by atoms with Gasteiger partial charge >= 0.3 is 0 Å². The first kappa shape index (κ1) is 21.1. The van der Waals surface area contributed by atoms with Gasteiger partial charge in [-0.25, -0.2) is 12.8 Å². The van der Waals surface area contributed by atoms with Gasteiger partial charge in [-0.2, -0.15) is 4.31 Å². The van der Waals surface area contributed by atoms with Crippen LogP contribution < -0.4 is 5.32 Å². The zero-order valence-electron chi connectivity index (χ0n) is 13.1. The Balaban J connectivity index is 0.00000144. The van der Waals surface area contributed by atoms with Crippen LogP contribution in [0.5, 0.6) is 0 Å². The molecule has 1 atom stereocenters. The lowest BCUT2D eigenvalue weighted by molar-refractivity contribution is 0.351. The van der Waals surface area contributed by atoms with Gasteiger partial charge in [0.2, 0.25) is 10.0 Å². The lowest BCUT2D eigenvalue weighted by atomic mass is 10.2. The van der Waals surface area contributed by atoms with Crippen LogP contribution in [0.1, 0.15) is 13.3 Å². The third-order valence-corrected chi connectivity index (χ3v) is 5.97. The number of rotatable bonds is 2. The van der Waals surface area contributed by atoms with E-state index in [4.69, 9.17) is 0 Å². The topological polar surface area (TPSA) is 62.3 Å². The standard InChI is InChI=1S/C15H18FN3O2S.2ClH/c1-11-9-17-4-2-6-19(11)22(20,21)15-8-12-3-5-18-10-13(12)7-14(15)16;;/h3,5,7-8,10-11,17H,2,4,6,9H2,1H3;2*1H/t11-;;/m1../s1. The number of fused-ring (bicyclic) bond motifs is 1. The van der Waals surface area contributed by atoms with Crippen LogP contribution in [0.15, 0.2) is 35.5 Å². The molecule has 1 aliphatic heterocycles. The molecule has 0 radical (unpaired) electrons. The second kappa shape index (κ2) is 8.40. The lowest BCUT2D eigenvalue weighted by Crippen LogP contribution is -2.41. The fourth-order valence-electron chi connectivity index (χ4n) is 2.76. The molecule has 1 saturated heterocycles. The maximum absolute atomic E-state index is 14.3. The second-order valence-corrected chi connectivity index (χ2v) is 7.39. The SMILES string of the molecule is C[C@@H]1CNCCCN1S(=O)(=O)c1cc2ccncc2cc1F.Cl.Cl. The molecule has 3 rings (SSSR count).